The Labute approximate surface area is 88.7 Å². The molecule has 0 aromatic rings. The van der Waals surface area contributed by atoms with Crippen LogP contribution in [0, 0.1) is 5.92 Å². The molecule has 3 atom stereocenters. The first kappa shape index (κ1) is 11.2. The van der Waals surface area contributed by atoms with Gasteiger partial charge in [0, 0.05) is 4.83 Å². The predicted octanol–water partition coefficient (Wildman–Crippen LogP) is 3.91. The Morgan fingerprint density at radius 3 is 2.67 bits per heavy atom. The average Bonchev–Trinajstić information content (AvgIpc) is 2.35. The second-order valence-electron chi connectivity index (χ2n) is 3.94. The van der Waals surface area contributed by atoms with Crippen molar-refractivity contribution in [3.8, 4) is 0 Å². The minimum Gasteiger partial charge on any atom is -0.139 e. The molecule has 0 amide bonds. The zero-order chi connectivity index (χ0) is 9.19. The van der Waals surface area contributed by atoms with E-state index in [1.54, 1.807) is 0 Å². The summed E-state index contributed by atoms with van der Waals surface area (Å²) in [5, 5.41) is 0. The van der Waals surface area contributed by atoms with E-state index < -0.39 is 6.09 Å². The van der Waals surface area contributed by atoms with E-state index in [1.807, 2.05) is 11.4 Å². The Bertz CT molecular complexity index is 193. The molecule has 72 valence electrons. The monoisotopic (exact) mass is 268 g/mol. The largest absolute Gasteiger partial charge is 0.139 e. The lowest BCUT2D eigenvalue weighted by Gasteiger charge is -2.20. The van der Waals surface area contributed by atoms with Crippen LogP contribution < -0.4 is 0 Å². The van der Waals surface area contributed by atoms with Gasteiger partial charge < -0.3 is 0 Å². The van der Waals surface area contributed by atoms with Gasteiger partial charge in [0.05, 0.1) is 0 Å². The molecule has 0 aliphatic heterocycles. The van der Waals surface area contributed by atoms with E-state index in [9.17, 15) is 0 Å². The van der Waals surface area contributed by atoms with Crippen molar-refractivity contribution < 1.29 is 0 Å². The molecule has 12 heavy (non-hydrogen) atoms. The third kappa shape index (κ3) is 3.47. The number of hydrogen-bond donors (Lipinski definition) is 0. The van der Waals surface area contributed by atoms with Gasteiger partial charge in [-0.05, 0) is 44.3 Å². The minimum absolute atomic E-state index is 0.796. The summed E-state index contributed by atoms with van der Waals surface area (Å²) < 4.78 is 0. The summed E-state index contributed by atoms with van der Waals surface area (Å²) in [4.78, 5) is 0.796. The summed E-state index contributed by atoms with van der Waals surface area (Å²) in [6.07, 6.45) is 11.3. The predicted molar refractivity (Wildman–Crippen MR) is 68.4 cm³/mol. The van der Waals surface area contributed by atoms with E-state index in [2.05, 4.69) is 35.1 Å². The van der Waals surface area contributed by atoms with Crippen LogP contribution in [0.4, 0.5) is 0 Å². The molecule has 3 unspecified atom stereocenters. The number of hydrogen-bond acceptors (Lipinski definition) is 1. The SMILES string of the molecule is C=P(C)(CC1CCC(Br)C1)SC. The Kier molecular flexibility index (Phi) is 4.27. The first-order valence-electron chi connectivity index (χ1n) is 4.43. The third-order valence-corrected chi connectivity index (χ3v) is 8.66. The van der Waals surface area contributed by atoms with Crippen LogP contribution in [0.5, 0.6) is 0 Å². The Balaban J connectivity index is 2.37. The third-order valence-electron chi connectivity index (χ3n) is 2.56. The van der Waals surface area contributed by atoms with Crippen molar-refractivity contribution in [3.05, 3.63) is 0 Å². The molecule has 0 spiro atoms. The maximum Gasteiger partial charge on any atom is 0.0148 e. The summed E-state index contributed by atoms with van der Waals surface area (Å²) in [5.41, 5.74) is 0. The number of halogens is 1. The summed E-state index contributed by atoms with van der Waals surface area (Å²) in [6.45, 7) is 2.36. The zero-order valence-electron chi connectivity index (χ0n) is 7.92. The van der Waals surface area contributed by atoms with E-state index >= 15 is 0 Å². The van der Waals surface area contributed by atoms with E-state index in [1.165, 1.54) is 25.4 Å². The molecule has 1 rings (SSSR count). The molecule has 0 aromatic carbocycles. The zero-order valence-corrected chi connectivity index (χ0v) is 11.2. The van der Waals surface area contributed by atoms with Crippen molar-refractivity contribution in [3.63, 3.8) is 0 Å². The summed E-state index contributed by atoms with van der Waals surface area (Å²) in [6, 6.07) is 0. The minimum atomic E-state index is -0.853. The molecule has 0 radical (unpaired) electrons. The van der Waals surface area contributed by atoms with E-state index in [0.29, 0.717) is 0 Å². The first-order valence-corrected chi connectivity index (χ1v) is 9.78. The molecular weight excluding hydrogens is 251 g/mol. The van der Waals surface area contributed by atoms with Crippen molar-refractivity contribution in [2.45, 2.75) is 24.1 Å². The standard InChI is InChI=1S/C9H18BrPS/c1-11(2,12-3)7-8-4-5-9(10)6-8/h8-9H,1,4-7H2,2-3H3. The van der Waals surface area contributed by atoms with Crippen LogP contribution in [0.3, 0.4) is 0 Å². The van der Waals surface area contributed by atoms with Gasteiger partial charge >= 0.3 is 0 Å². The fourth-order valence-corrected chi connectivity index (χ4v) is 5.25. The fourth-order valence-electron chi connectivity index (χ4n) is 1.80. The highest BCUT2D eigenvalue weighted by atomic mass is 79.9. The second kappa shape index (κ2) is 4.57. The van der Waals surface area contributed by atoms with Crippen LogP contribution in [0.25, 0.3) is 0 Å². The highest BCUT2D eigenvalue weighted by Gasteiger charge is 2.24. The van der Waals surface area contributed by atoms with Crippen molar-refractivity contribution >= 4 is 39.7 Å². The van der Waals surface area contributed by atoms with Crippen LogP contribution in [0.15, 0.2) is 0 Å². The van der Waals surface area contributed by atoms with Crippen LogP contribution in [-0.4, -0.2) is 30.2 Å². The maximum atomic E-state index is 4.34. The molecule has 1 fully saturated rings. The Hall–Kier alpha value is 1.13. The van der Waals surface area contributed by atoms with Gasteiger partial charge in [-0.3, -0.25) is 0 Å². The molecule has 0 saturated heterocycles. The molecular formula is C9H18BrPS. The summed E-state index contributed by atoms with van der Waals surface area (Å²) in [7, 11) is 0. The molecule has 0 nitrogen and oxygen atoms in total. The van der Waals surface area contributed by atoms with Crippen molar-refractivity contribution in [2.75, 3.05) is 19.1 Å². The number of rotatable bonds is 3. The van der Waals surface area contributed by atoms with Crippen LogP contribution in [-0.2, 0) is 0 Å². The molecule has 3 heteroatoms. The molecule has 1 saturated carbocycles. The highest BCUT2D eigenvalue weighted by molar-refractivity contribution is 9.09. The summed E-state index contributed by atoms with van der Waals surface area (Å²) in [5.74, 6) is 0.956. The van der Waals surface area contributed by atoms with E-state index in [4.69, 9.17) is 0 Å². The number of alkyl halides is 1. The van der Waals surface area contributed by atoms with Gasteiger partial charge in [-0.1, -0.05) is 28.3 Å². The molecule has 0 aromatic heterocycles. The highest BCUT2D eigenvalue weighted by Crippen LogP contribution is 2.56. The van der Waals surface area contributed by atoms with Gasteiger partial charge in [0.2, 0.25) is 0 Å². The lowest BCUT2D eigenvalue weighted by atomic mass is 10.1. The van der Waals surface area contributed by atoms with Gasteiger partial charge in [0.1, 0.15) is 0 Å². The lowest BCUT2D eigenvalue weighted by molar-refractivity contribution is 0.623. The van der Waals surface area contributed by atoms with Crippen molar-refractivity contribution in [1.82, 2.24) is 0 Å². The normalized spacial score (nSPS) is 34.9. The molecule has 0 N–H and O–H groups in total. The lowest BCUT2D eigenvalue weighted by Crippen LogP contribution is -2.01. The molecule has 1 aliphatic carbocycles. The van der Waals surface area contributed by atoms with Crippen LogP contribution in [0.1, 0.15) is 19.3 Å². The van der Waals surface area contributed by atoms with Gasteiger partial charge in [-0.2, -0.15) is 0 Å². The molecule has 0 bridgehead atoms. The molecule has 1 aliphatic rings. The smallest absolute Gasteiger partial charge is 0.0148 e. The van der Waals surface area contributed by atoms with Gasteiger partial charge in [-0.15, -0.1) is 11.4 Å². The Morgan fingerprint density at radius 1 is 1.58 bits per heavy atom. The van der Waals surface area contributed by atoms with Crippen molar-refractivity contribution in [1.29, 1.82) is 0 Å². The van der Waals surface area contributed by atoms with Gasteiger partial charge in [-0.25, -0.2) is 0 Å². The topological polar surface area (TPSA) is 0 Å². The van der Waals surface area contributed by atoms with E-state index in [-0.39, 0.29) is 0 Å². The van der Waals surface area contributed by atoms with Gasteiger partial charge in [0.15, 0.2) is 0 Å². The Morgan fingerprint density at radius 2 is 2.25 bits per heavy atom. The van der Waals surface area contributed by atoms with Crippen molar-refractivity contribution in [2.24, 2.45) is 5.92 Å². The summed E-state index contributed by atoms with van der Waals surface area (Å²) >= 11 is 5.69. The quantitative estimate of drug-likeness (QED) is 0.553. The van der Waals surface area contributed by atoms with Crippen LogP contribution in [0.2, 0.25) is 0 Å². The van der Waals surface area contributed by atoms with Crippen LogP contribution >= 0.6 is 33.4 Å². The maximum absolute atomic E-state index is 4.34. The second-order valence-corrected chi connectivity index (χ2v) is 12.3. The molecule has 0 heterocycles. The van der Waals surface area contributed by atoms with E-state index in [0.717, 1.165) is 10.7 Å². The fraction of sp³-hybridized carbons (Fsp3) is 0.889. The van der Waals surface area contributed by atoms with Gasteiger partial charge in [0.25, 0.3) is 0 Å². The average molecular weight is 269 g/mol. The first-order chi connectivity index (χ1) is 5.53.